The molecule has 0 fully saturated rings. The number of non-ortho nitro benzene ring substituents is 1. The number of hydrogen-bond donors (Lipinski definition) is 0. The van der Waals surface area contributed by atoms with Gasteiger partial charge in [-0.3, -0.25) is 14.9 Å². The lowest BCUT2D eigenvalue weighted by molar-refractivity contribution is -0.384. The number of nitro groups is 1. The second-order valence-corrected chi connectivity index (χ2v) is 5.50. The summed E-state index contributed by atoms with van der Waals surface area (Å²) in [5, 5.41) is 11.1. The van der Waals surface area contributed by atoms with Gasteiger partial charge in [-0.1, -0.05) is 18.2 Å². The number of hydrogen-bond acceptors (Lipinski definition) is 5. The van der Waals surface area contributed by atoms with Crippen molar-refractivity contribution in [1.29, 1.82) is 0 Å². The molecule has 7 nitrogen and oxygen atoms in total. The van der Waals surface area contributed by atoms with Crippen LogP contribution in [0.2, 0.25) is 0 Å². The number of rotatable bonds is 6. The van der Waals surface area contributed by atoms with Gasteiger partial charge in [-0.05, 0) is 19.1 Å². The van der Waals surface area contributed by atoms with Gasteiger partial charge in [0.15, 0.2) is 0 Å². The number of benzene rings is 2. The van der Waals surface area contributed by atoms with Gasteiger partial charge in [0, 0.05) is 36.9 Å². The molecule has 0 bridgehead atoms. The number of amides is 1. The first-order valence-corrected chi connectivity index (χ1v) is 7.79. The largest absolute Gasteiger partial charge is 0.462 e. The normalized spacial score (nSPS) is 10.3. The first kappa shape index (κ1) is 19.0. The van der Waals surface area contributed by atoms with Crippen LogP contribution >= 0.6 is 0 Å². The monoisotopic (exact) mass is 360 g/mol. The van der Waals surface area contributed by atoms with E-state index < -0.39 is 28.3 Å². The molecule has 0 heterocycles. The van der Waals surface area contributed by atoms with Crippen LogP contribution in [0.5, 0.6) is 0 Å². The Labute approximate surface area is 149 Å². The van der Waals surface area contributed by atoms with Gasteiger partial charge in [0.05, 0.1) is 17.1 Å². The fourth-order valence-corrected chi connectivity index (χ4v) is 2.35. The maximum absolute atomic E-state index is 13.8. The number of esters is 1. The predicted molar refractivity (Wildman–Crippen MR) is 91.3 cm³/mol. The Hall–Kier alpha value is -3.29. The molecular weight excluding hydrogens is 343 g/mol. The third-order valence-corrected chi connectivity index (χ3v) is 3.60. The Balaban J connectivity index is 2.33. The van der Waals surface area contributed by atoms with E-state index in [0.29, 0.717) is 5.56 Å². The van der Waals surface area contributed by atoms with E-state index in [1.54, 1.807) is 13.0 Å². The van der Waals surface area contributed by atoms with Crippen LogP contribution in [-0.4, -0.2) is 35.4 Å². The fraction of sp³-hybridized carbons (Fsp3) is 0.222. The Morgan fingerprint density at radius 2 is 1.85 bits per heavy atom. The molecule has 1 amide bonds. The number of carbonyl (C=O) groups excluding carboxylic acids is 2. The lowest BCUT2D eigenvalue weighted by Gasteiger charge is -2.18. The first-order valence-electron chi connectivity index (χ1n) is 7.79. The molecule has 2 rings (SSSR count). The van der Waals surface area contributed by atoms with Crippen LogP contribution in [0, 0.1) is 15.9 Å². The predicted octanol–water partition coefficient (Wildman–Crippen LogP) is 3.18. The van der Waals surface area contributed by atoms with Crippen molar-refractivity contribution in [3.8, 4) is 0 Å². The second kappa shape index (κ2) is 8.19. The van der Waals surface area contributed by atoms with Crippen molar-refractivity contribution in [1.82, 2.24) is 4.90 Å². The molecule has 0 radical (unpaired) electrons. The highest BCUT2D eigenvalue weighted by Crippen LogP contribution is 2.20. The van der Waals surface area contributed by atoms with E-state index in [1.165, 1.54) is 36.2 Å². The van der Waals surface area contributed by atoms with E-state index >= 15 is 0 Å². The molecule has 8 heteroatoms. The summed E-state index contributed by atoms with van der Waals surface area (Å²) in [6.45, 7) is 1.67. The SMILES string of the molecule is CCOC(=O)c1cc(C(=O)N(C)Cc2ccccc2F)cc([N+](=O)[O-])c1. The Kier molecular flexibility index (Phi) is 6.00. The van der Waals surface area contributed by atoms with E-state index in [-0.39, 0.29) is 24.3 Å². The summed E-state index contributed by atoms with van der Waals surface area (Å²) in [7, 11) is 1.44. The fourth-order valence-electron chi connectivity index (χ4n) is 2.35. The molecule has 0 aliphatic heterocycles. The van der Waals surface area contributed by atoms with Crippen LogP contribution in [-0.2, 0) is 11.3 Å². The lowest BCUT2D eigenvalue weighted by atomic mass is 10.1. The summed E-state index contributed by atoms with van der Waals surface area (Å²) in [6.07, 6.45) is 0. The van der Waals surface area contributed by atoms with Crippen LogP contribution in [0.4, 0.5) is 10.1 Å². The average Bonchev–Trinajstić information content (AvgIpc) is 2.62. The van der Waals surface area contributed by atoms with Gasteiger partial charge in [0.25, 0.3) is 11.6 Å². The summed E-state index contributed by atoms with van der Waals surface area (Å²) < 4.78 is 18.6. The van der Waals surface area contributed by atoms with E-state index in [2.05, 4.69) is 0 Å². The van der Waals surface area contributed by atoms with Crippen molar-refractivity contribution >= 4 is 17.6 Å². The zero-order chi connectivity index (χ0) is 19.3. The maximum atomic E-state index is 13.8. The van der Waals surface area contributed by atoms with Gasteiger partial charge in [0.1, 0.15) is 5.82 Å². The number of halogens is 1. The first-order chi connectivity index (χ1) is 12.3. The van der Waals surface area contributed by atoms with Gasteiger partial charge in [-0.25, -0.2) is 9.18 Å². The molecule has 26 heavy (non-hydrogen) atoms. The van der Waals surface area contributed by atoms with Crippen LogP contribution in [0.1, 0.15) is 33.2 Å². The van der Waals surface area contributed by atoms with E-state index in [9.17, 15) is 24.1 Å². The summed E-state index contributed by atoms with van der Waals surface area (Å²) in [4.78, 5) is 36.1. The Morgan fingerprint density at radius 3 is 2.46 bits per heavy atom. The van der Waals surface area contributed by atoms with E-state index in [1.807, 2.05) is 0 Å². The summed E-state index contributed by atoms with van der Waals surface area (Å²) in [5.41, 5.74) is -0.248. The van der Waals surface area contributed by atoms with Crippen molar-refractivity contribution in [2.24, 2.45) is 0 Å². The summed E-state index contributed by atoms with van der Waals surface area (Å²) in [5.74, 6) is -1.80. The molecule has 0 unspecified atom stereocenters. The zero-order valence-corrected chi connectivity index (χ0v) is 14.3. The van der Waals surface area contributed by atoms with Crippen molar-refractivity contribution in [3.05, 3.63) is 75.1 Å². The quantitative estimate of drug-likeness (QED) is 0.448. The van der Waals surface area contributed by atoms with Gasteiger partial charge in [0.2, 0.25) is 0 Å². The molecule has 0 saturated carbocycles. The number of nitro benzene ring substituents is 1. The van der Waals surface area contributed by atoms with Crippen molar-refractivity contribution in [2.75, 3.05) is 13.7 Å². The molecule has 0 saturated heterocycles. The highest BCUT2D eigenvalue weighted by atomic mass is 19.1. The molecule has 2 aromatic rings. The minimum absolute atomic E-state index is 0.0249. The number of nitrogens with zero attached hydrogens (tertiary/aromatic N) is 2. The molecule has 0 aromatic heterocycles. The summed E-state index contributed by atoms with van der Waals surface area (Å²) >= 11 is 0. The van der Waals surface area contributed by atoms with Crippen LogP contribution in [0.25, 0.3) is 0 Å². The van der Waals surface area contributed by atoms with Gasteiger partial charge >= 0.3 is 5.97 Å². The molecule has 2 aromatic carbocycles. The molecular formula is C18H17FN2O5. The molecule has 0 aliphatic rings. The molecule has 0 spiro atoms. The van der Waals surface area contributed by atoms with Crippen molar-refractivity contribution in [2.45, 2.75) is 13.5 Å². The highest BCUT2D eigenvalue weighted by molar-refractivity contribution is 5.98. The number of carbonyl (C=O) groups is 2. The van der Waals surface area contributed by atoms with E-state index in [4.69, 9.17) is 4.74 Å². The highest BCUT2D eigenvalue weighted by Gasteiger charge is 2.21. The summed E-state index contributed by atoms with van der Waals surface area (Å²) in [6, 6.07) is 9.34. The molecule has 136 valence electrons. The Bertz CT molecular complexity index is 853. The molecule has 0 N–H and O–H groups in total. The smallest absolute Gasteiger partial charge is 0.338 e. The second-order valence-electron chi connectivity index (χ2n) is 5.50. The molecule has 0 aliphatic carbocycles. The third kappa shape index (κ3) is 4.41. The molecule has 0 atom stereocenters. The number of ether oxygens (including phenoxy) is 1. The minimum Gasteiger partial charge on any atom is -0.462 e. The van der Waals surface area contributed by atoms with Crippen LogP contribution < -0.4 is 0 Å². The van der Waals surface area contributed by atoms with Gasteiger partial charge < -0.3 is 9.64 Å². The van der Waals surface area contributed by atoms with Gasteiger partial charge in [-0.15, -0.1) is 0 Å². The average molecular weight is 360 g/mol. The Morgan fingerprint density at radius 1 is 1.19 bits per heavy atom. The maximum Gasteiger partial charge on any atom is 0.338 e. The van der Waals surface area contributed by atoms with Crippen molar-refractivity contribution < 1.29 is 23.6 Å². The van der Waals surface area contributed by atoms with Crippen molar-refractivity contribution in [3.63, 3.8) is 0 Å². The standard InChI is InChI=1S/C18H17FN2O5/c1-3-26-18(23)14-8-13(9-15(10-14)21(24)25)17(22)20(2)11-12-6-4-5-7-16(12)19/h4-10H,3,11H2,1-2H3. The van der Waals surface area contributed by atoms with Crippen LogP contribution in [0.3, 0.4) is 0 Å². The topological polar surface area (TPSA) is 89.8 Å². The minimum atomic E-state index is -0.762. The zero-order valence-electron chi connectivity index (χ0n) is 14.3. The third-order valence-electron chi connectivity index (χ3n) is 3.60. The van der Waals surface area contributed by atoms with Crippen LogP contribution in [0.15, 0.2) is 42.5 Å². The van der Waals surface area contributed by atoms with Gasteiger partial charge in [-0.2, -0.15) is 0 Å². The lowest BCUT2D eigenvalue weighted by Crippen LogP contribution is -2.27. The van der Waals surface area contributed by atoms with E-state index in [0.717, 1.165) is 12.1 Å².